The molecule has 0 saturated carbocycles. The Labute approximate surface area is 81.0 Å². The van der Waals surface area contributed by atoms with Crippen molar-refractivity contribution in [3.05, 3.63) is 0 Å². The van der Waals surface area contributed by atoms with Crippen LogP contribution < -0.4 is 10.6 Å². The van der Waals surface area contributed by atoms with Crippen molar-refractivity contribution >= 4 is 17.9 Å². The summed E-state index contributed by atoms with van der Waals surface area (Å²) in [6, 6.07) is -1.46. The second-order valence-electron chi connectivity index (χ2n) is 3.61. The van der Waals surface area contributed by atoms with E-state index in [1.807, 2.05) is 0 Å². The number of hydrogen-bond acceptors (Lipinski definition) is 4. The van der Waals surface area contributed by atoms with Gasteiger partial charge in [-0.05, 0) is 13.8 Å². The van der Waals surface area contributed by atoms with Crippen molar-refractivity contribution in [2.45, 2.75) is 19.9 Å². The minimum Gasteiger partial charge on any atom is -0.469 e. The molecule has 1 rings (SSSR count). The smallest absolute Gasteiger partial charge is 0.322 e. The predicted octanol–water partition coefficient (Wildman–Crippen LogP) is -0.606. The Morgan fingerprint density at radius 2 is 2.00 bits per heavy atom. The van der Waals surface area contributed by atoms with Gasteiger partial charge in [0.15, 0.2) is 0 Å². The lowest BCUT2D eigenvalue weighted by Crippen LogP contribution is -2.48. The molecule has 1 heterocycles. The van der Waals surface area contributed by atoms with Gasteiger partial charge in [0.2, 0.25) is 0 Å². The van der Waals surface area contributed by atoms with Gasteiger partial charge >= 0.3 is 12.0 Å². The molecule has 0 aromatic carbocycles. The summed E-state index contributed by atoms with van der Waals surface area (Å²) in [7, 11) is 1.23. The van der Waals surface area contributed by atoms with Crippen molar-refractivity contribution in [3.8, 4) is 0 Å². The topological polar surface area (TPSA) is 84.5 Å². The average Bonchev–Trinajstić information content (AvgIpc) is 2.44. The largest absolute Gasteiger partial charge is 0.469 e. The highest BCUT2D eigenvalue weighted by Crippen LogP contribution is 2.24. The van der Waals surface area contributed by atoms with Crippen LogP contribution in [0.25, 0.3) is 0 Å². The highest BCUT2D eigenvalue weighted by atomic mass is 16.5. The molecular weight excluding hydrogens is 188 g/mol. The molecule has 1 fully saturated rings. The van der Waals surface area contributed by atoms with Crippen LogP contribution in [0, 0.1) is 5.41 Å². The SMILES string of the molecule is COC(=O)C(C)(C)[C@@H]1NC(=O)NC1=O. The van der Waals surface area contributed by atoms with Gasteiger partial charge in [-0.2, -0.15) is 0 Å². The normalized spacial score (nSPS) is 21.5. The van der Waals surface area contributed by atoms with Crippen LogP contribution in [0.3, 0.4) is 0 Å². The molecule has 6 heteroatoms. The van der Waals surface area contributed by atoms with E-state index in [2.05, 4.69) is 15.4 Å². The summed E-state index contributed by atoms with van der Waals surface area (Å²) in [5, 5.41) is 4.41. The molecule has 0 bridgehead atoms. The Hall–Kier alpha value is -1.59. The molecule has 0 aliphatic carbocycles. The molecule has 0 radical (unpaired) electrons. The molecular formula is C8H12N2O4. The van der Waals surface area contributed by atoms with Gasteiger partial charge in [0, 0.05) is 0 Å². The fourth-order valence-corrected chi connectivity index (χ4v) is 1.31. The fraction of sp³-hybridized carbons (Fsp3) is 0.625. The number of nitrogens with one attached hydrogen (secondary N) is 2. The molecule has 1 atom stereocenters. The third kappa shape index (κ3) is 1.55. The molecule has 1 aliphatic heterocycles. The van der Waals surface area contributed by atoms with Crippen molar-refractivity contribution in [1.29, 1.82) is 0 Å². The average molecular weight is 200 g/mol. The molecule has 1 aliphatic rings. The summed E-state index contributed by atoms with van der Waals surface area (Å²) in [5.41, 5.74) is -1.06. The van der Waals surface area contributed by atoms with Crippen molar-refractivity contribution in [1.82, 2.24) is 10.6 Å². The van der Waals surface area contributed by atoms with Crippen LogP contribution in [-0.2, 0) is 14.3 Å². The third-order valence-electron chi connectivity index (χ3n) is 2.21. The number of carbonyl (C=O) groups is 3. The Kier molecular flexibility index (Phi) is 2.46. The Morgan fingerprint density at radius 3 is 2.36 bits per heavy atom. The maximum Gasteiger partial charge on any atom is 0.322 e. The van der Waals surface area contributed by atoms with Gasteiger partial charge in [-0.1, -0.05) is 0 Å². The molecule has 0 aromatic heterocycles. The van der Waals surface area contributed by atoms with Gasteiger partial charge in [0.25, 0.3) is 5.91 Å². The number of urea groups is 1. The van der Waals surface area contributed by atoms with Crippen LogP contribution >= 0.6 is 0 Å². The zero-order valence-corrected chi connectivity index (χ0v) is 8.21. The van der Waals surface area contributed by atoms with E-state index in [0.29, 0.717) is 0 Å². The number of carbonyl (C=O) groups excluding carboxylic acids is 3. The van der Waals surface area contributed by atoms with E-state index < -0.39 is 29.4 Å². The highest BCUT2D eigenvalue weighted by molar-refractivity contribution is 6.06. The second-order valence-corrected chi connectivity index (χ2v) is 3.61. The summed E-state index contributed by atoms with van der Waals surface area (Å²) < 4.78 is 4.54. The Balaban J connectivity index is 2.87. The summed E-state index contributed by atoms with van der Waals surface area (Å²) in [5.74, 6) is -1.05. The van der Waals surface area contributed by atoms with Gasteiger partial charge in [0.05, 0.1) is 12.5 Å². The van der Waals surface area contributed by atoms with E-state index in [0.717, 1.165) is 0 Å². The van der Waals surface area contributed by atoms with Crippen molar-refractivity contribution in [2.75, 3.05) is 7.11 Å². The maximum atomic E-state index is 11.3. The summed E-state index contributed by atoms with van der Waals surface area (Å²) in [4.78, 5) is 33.4. The molecule has 6 nitrogen and oxygen atoms in total. The first-order valence-electron chi connectivity index (χ1n) is 4.09. The van der Waals surface area contributed by atoms with E-state index in [4.69, 9.17) is 0 Å². The molecule has 3 amide bonds. The minimum absolute atomic E-state index is 0.509. The molecule has 0 unspecified atom stereocenters. The van der Waals surface area contributed by atoms with E-state index in [1.165, 1.54) is 21.0 Å². The summed E-state index contributed by atoms with van der Waals surface area (Å²) >= 11 is 0. The number of methoxy groups -OCH3 is 1. The van der Waals surface area contributed by atoms with E-state index in [1.54, 1.807) is 0 Å². The van der Waals surface area contributed by atoms with Crippen LogP contribution in [0.15, 0.2) is 0 Å². The Bertz CT molecular complexity index is 298. The minimum atomic E-state index is -1.06. The van der Waals surface area contributed by atoms with Gasteiger partial charge in [-0.3, -0.25) is 14.9 Å². The highest BCUT2D eigenvalue weighted by Gasteiger charge is 2.47. The first-order chi connectivity index (χ1) is 6.39. The number of ether oxygens (including phenoxy) is 1. The monoisotopic (exact) mass is 200 g/mol. The summed E-state index contributed by atoms with van der Waals surface area (Å²) in [6.07, 6.45) is 0. The number of amides is 3. The first kappa shape index (κ1) is 10.5. The fourth-order valence-electron chi connectivity index (χ4n) is 1.31. The molecule has 78 valence electrons. The van der Waals surface area contributed by atoms with E-state index in [9.17, 15) is 14.4 Å². The molecule has 1 saturated heterocycles. The lowest BCUT2D eigenvalue weighted by Gasteiger charge is -2.25. The number of hydrogen-bond donors (Lipinski definition) is 2. The lowest BCUT2D eigenvalue weighted by molar-refractivity contribution is -0.154. The quantitative estimate of drug-likeness (QED) is 0.460. The Morgan fingerprint density at radius 1 is 1.43 bits per heavy atom. The predicted molar refractivity (Wildman–Crippen MR) is 46.3 cm³/mol. The molecule has 0 spiro atoms. The number of rotatable bonds is 2. The van der Waals surface area contributed by atoms with Gasteiger partial charge in [0.1, 0.15) is 6.04 Å². The first-order valence-corrected chi connectivity index (χ1v) is 4.09. The van der Waals surface area contributed by atoms with Crippen LogP contribution in [0.4, 0.5) is 4.79 Å². The molecule has 0 aromatic rings. The summed E-state index contributed by atoms with van der Waals surface area (Å²) in [6.45, 7) is 3.07. The number of imide groups is 1. The van der Waals surface area contributed by atoms with Crippen molar-refractivity contribution in [2.24, 2.45) is 5.41 Å². The second kappa shape index (κ2) is 3.28. The van der Waals surface area contributed by atoms with E-state index in [-0.39, 0.29) is 0 Å². The van der Waals surface area contributed by atoms with E-state index >= 15 is 0 Å². The number of esters is 1. The lowest BCUT2D eigenvalue weighted by atomic mass is 9.84. The third-order valence-corrected chi connectivity index (χ3v) is 2.21. The van der Waals surface area contributed by atoms with Gasteiger partial charge < -0.3 is 10.1 Å². The van der Waals surface area contributed by atoms with Crippen molar-refractivity contribution in [3.63, 3.8) is 0 Å². The zero-order chi connectivity index (χ0) is 10.9. The molecule has 14 heavy (non-hydrogen) atoms. The van der Waals surface area contributed by atoms with Gasteiger partial charge in [-0.15, -0.1) is 0 Å². The van der Waals surface area contributed by atoms with Crippen LogP contribution in [0.5, 0.6) is 0 Å². The van der Waals surface area contributed by atoms with Crippen LogP contribution in [0.2, 0.25) is 0 Å². The van der Waals surface area contributed by atoms with Crippen molar-refractivity contribution < 1.29 is 19.1 Å². The van der Waals surface area contributed by atoms with Crippen LogP contribution in [-0.4, -0.2) is 31.1 Å². The van der Waals surface area contributed by atoms with Gasteiger partial charge in [-0.25, -0.2) is 4.79 Å². The maximum absolute atomic E-state index is 11.3. The molecule has 2 N–H and O–H groups in total. The standard InChI is InChI=1S/C8H12N2O4/c1-8(2,6(12)14-3)4-5(11)10-7(13)9-4/h4H,1-3H3,(H2,9,10,11,13)/t4-/m1/s1. The van der Waals surface area contributed by atoms with Crippen LogP contribution in [0.1, 0.15) is 13.8 Å². The zero-order valence-electron chi connectivity index (χ0n) is 8.21.